The summed E-state index contributed by atoms with van der Waals surface area (Å²) >= 11 is 0. The monoisotopic (exact) mass is 282 g/mol. The van der Waals surface area contributed by atoms with Crippen molar-refractivity contribution < 1.29 is 0 Å². The highest BCUT2D eigenvalue weighted by atomic mass is 15.0. The van der Waals surface area contributed by atoms with Crippen molar-refractivity contribution in [2.45, 2.75) is 52.6 Å². The van der Waals surface area contributed by atoms with E-state index in [4.69, 9.17) is 0 Å². The molecule has 0 aliphatic carbocycles. The highest BCUT2D eigenvalue weighted by molar-refractivity contribution is 5.84. The van der Waals surface area contributed by atoms with Gasteiger partial charge in [0.2, 0.25) is 0 Å². The number of aryl methyl sites for hydroxylation is 1. The molecule has 0 atom stereocenters. The van der Waals surface area contributed by atoms with E-state index in [0.717, 1.165) is 25.9 Å². The number of rotatable bonds is 5. The lowest BCUT2D eigenvalue weighted by Gasteiger charge is -2.20. The highest BCUT2D eigenvalue weighted by Gasteiger charge is 2.10. The maximum absolute atomic E-state index is 3.57. The van der Waals surface area contributed by atoms with Crippen LogP contribution in [-0.2, 0) is 13.0 Å². The molecule has 0 radical (unpaired) electrons. The maximum Gasteiger partial charge on any atom is 0.0483 e. The van der Waals surface area contributed by atoms with Gasteiger partial charge in [0.25, 0.3) is 0 Å². The molecule has 0 fully saturated rings. The zero-order valence-electron chi connectivity index (χ0n) is 13.7. The third-order valence-corrected chi connectivity index (χ3v) is 3.58. The van der Waals surface area contributed by atoms with Gasteiger partial charge in [-0.1, -0.05) is 18.2 Å². The summed E-state index contributed by atoms with van der Waals surface area (Å²) in [5.41, 5.74) is 2.92. The summed E-state index contributed by atoms with van der Waals surface area (Å²) in [4.78, 5) is 0. The Morgan fingerprint density at radius 3 is 2.67 bits per heavy atom. The summed E-state index contributed by atoms with van der Waals surface area (Å²) < 4.78 is 2.34. The minimum absolute atomic E-state index is 0.176. The van der Waals surface area contributed by atoms with E-state index in [9.17, 15) is 0 Å². The van der Waals surface area contributed by atoms with E-state index in [1.54, 1.807) is 0 Å². The molecular weight excluding hydrogens is 256 g/mol. The topological polar surface area (TPSA) is 17.0 Å². The second-order valence-electron chi connectivity index (χ2n) is 6.47. The van der Waals surface area contributed by atoms with Crippen LogP contribution in [0.1, 0.15) is 39.7 Å². The molecule has 1 aromatic carbocycles. The largest absolute Gasteiger partial charge is 0.346 e. The first kappa shape index (κ1) is 15.7. The van der Waals surface area contributed by atoms with Gasteiger partial charge in [0.05, 0.1) is 0 Å². The lowest BCUT2D eigenvalue weighted by atomic mass is 10.1. The molecule has 0 aliphatic rings. The van der Waals surface area contributed by atoms with Gasteiger partial charge in [0.1, 0.15) is 0 Å². The molecule has 0 aliphatic heterocycles. The molecule has 2 heteroatoms. The number of aromatic nitrogens is 1. The standard InChI is InChI=1S/C19H26N2/c1-5-6-9-14-21-15-16(12-13-20-19(2,3)4)17-10-7-8-11-18(17)21/h7-8,10-11,15,20H,9,12-14H2,1-4H3. The van der Waals surface area contributed by atoms with Crippen molar-refractivity contribution in [3.8, 4) is 11.8 Å². The quantitative estimate of drug-likeness (QED) is 0.821. The summed E-state index contributed by atoms with van der Waals surface area (Å²) in [6.07, 6.45) is 4.27. The summed E-state index contributed by atoms with van der Waals surface area (Å²) in [5.74, 6) is 6.12. The molecule has 1 N–H and O–H groups in total. The third-order valence-electron chi connectivity index (χ3n) is 3.58. The fraction of sp³-hybridized carbons (Fsp3) is 0.474. The molecule has 0 bridgehead atoms. The van der Waals surface area contributed by atoms with E-state index in [-0.39, 0.29) is 5.54 Å². The van der Waals surface area contributed by atoms with E-state index in [1.807, 2.05) is 6.92 Å². The fourth-order valence-electron chi connectivity index (χ4n) is 2.58. The molecule has 21 heavy (non-hydrogen) atoms. The van der Waals surface area contributed by atoms with Crippen LogP contribution in [0.25, 0.3) is 10.9 Å². The number of hydrogen-bond donors (Lipinski definition) is 1. The molecule has 0 amide bonds. The summed E-state index contributed by atoms with van der Waals surface area (Å²) in [6.45, 7) is 10.5. The number of nitrogens with one attached hydrogen (secondary N) is 1. The van der Waals surface area contributed by atoms with Crippen LogP contribution in [0.5, 0.6) is 0 Å². The van der Waals surface area contributed by atoms with Crippen LogP contribution >= 0.6 is 0 Å². The number of nitrogens with zero attached hydrogens (tertiary/aromatic N) is 1. The van der Waals surface area contributed by atoms with Gasteiger partial charge in [0, 0.05) is 35.6 Å². The lowest BCUT2D eigenvalue weighted by molar-refractivity contribution is 0.429. The lowest BCUT2D eigenvalue weighted by Crippen LogP contribution is -2.37. The number of para-hydroxylation sites is 1. The van der Waals surface area contributed by atoms with Gasteiger partial charge in [-0.25, -0.2) is 0 Å². The molecule has 1 heterocycles. The van der Waals surface area contributed by atoms with E-state index < -0.39 is 0 Å². The average Bonchev–Trinajstić information content (AvgIpc) is 2.77. The van der Waals surface area contributed by atoms with Crippen molar-refractivity contribution in [3.63, 3.8) is 0 Å². The molecule has 0 unspecified atom stereocenters. The Morgan fingerprint density at radius 1 is 1.19 bits per heavy atom. The van der Waals surface area contributed by atoms with Crippen molar-refractivity contribution in [2.24, 2.45) is 0 Å². The third kappa shape index (κ3) is 4.37. The molecule has 0 saturated heterocycles. The van der Waals surface area contributed by atoms with Crippen molar-refractivity contribution in [1.29, 1.82) is 0 Å². The van der Waals surface area contributed by atoms with Crippen molar-refractivity contribution in [3.05, 3.63) is 36.0 Å². The van der Waals surface area contributed by atoms with E-state index in [0.29, 0.717) is 0 Å². The predicted molar refractivity (Wildman–Crippen MR) is 91.5 cm³/mol. The average molecular weight is 282 g/mol. The smallest absolute Gasteiger partial charge is 0.0483 e. The molecule has 2 nitrogen and oxygen atoms in total. The Kier molecular flexibility index (Phi) is 5.09. The second-order valence-corrected chi connectivity index (χ2v) is 6.47. The van der Waals surface area contributed by atoms with E-state index in [2.05, 4.69) is 73.0 Å². The van der Waals surface area contributed by atoms with Gasteiger partial charge in [0.15, 0.2) is 0 Å². The van der Waals surface area contributed by atoms with Crippen molar-refractivity contribution >= 4 is 10.9 Å². The number of fused-ring (bicyclic) bond motifs is 1. The Labute approximate surface area is 128 Å². The van der Waals surface area contributed by atoms with Gasteiger partial charge >= 0.3 is 0 Å². The Balaban J connectivity index is 2.16. The van der Waals surface area contributed by atoms with Crippen LogP contribution in [0.15, 0.2) is 30.5 Å². The molecule has 2 rings (SSSR count). The Hall–Kier alpha value is -1.72. The number of hydrogen-bond acceptors (Lipinski definition) is 1. The van der Waals surface area contributed by atoms with Crippen molar-refractivity contribution in [2.75, 3.05) is 6.54 Å². The zero-order valence-corrected chi connectivity index (χ0v) is 13.7. The molecule has 0 spiro atoms. The molecule has 0 saturated carbocycles. The SMILES string of the molecule is CC#CCCn1cc(CCNC(C)(C)C)c2ccccc21. The fourth-order valence-corrected chi connectivity index (χ4v) is 2.58. The van der Waals surface area contributed by atoms with Crippen LogP contribution in [0.4, 0.5) is 0 Å². The van der Waals surface area contributed by atoms with Gasteiger partial charge in [-0.15, -0.1) is 11.8 Å². The summed E-state index contributed by atoms with van der Waals surface area (Å²) in [7, 11) is 0. The van der Waals surface area contributed by atoms with Gasteiger partial charge in [-0.05, 0) is 52.3 Å². The minimum atomic E-state index is 0.176. The first-order valence-electron chi connectivity index (χ1n) is 7.72. The van der Waals surface area contributed by atoms with E-state index >= 15 is 0 Å². The minimum Gasteiger partial charge on any atom is -0.346 e. The molecule has 2 aromatic rings. The summed E-state index contributed by atoms with van der Waals surface area (Å²) in [6, 6.07) is 8.67. The van der Waals surface area contributed by atoms with Crippen LogP contribution in [0.2, 0.25) is 0 Å². The van der Waals surface area contributed by atoms with Crippen LogP contribution in [0.3, 0.4) is 0 Å². The highest BCUT2D eigenvalue weighted by Crippen LogP contribution is 2.22. The van der Waals surface area contributed by atoms with E-state index in [1.165, 1.54) is 16.5 Å². The van der Waals surface area contributed by atoms with Gasteiger partial charge in [-0.3, -0.25) is 0 Å². The van der Waals surface area contributed by atoms with Crippen LogP contribution in [-0.4, -0.2) is 16.7 Å². The molecule has 1 aromatic heterocycles. The second kappa shape index (κ2) is 6.83. The Bertz CT molecular complexity index is 647. The first-order valence-corrected chi connectivity index (χ1v) is 7.72. The number of benzene rings is 1. The summed E-state index contributed by atoms with van der Waals surface area (Å²) in [5, 5.41) is 4.94. The first-order chi connectivity index (χ1) is 10.0. The van der Waals surface area contributed by atoms with Gasteiger partial charge < -0.3 is 9.88 Å². The predicted octanol–water partition coefficient (Wildman–Crippen LogP) is 3.99. The van der Waals surface area contributed by atoms with Crippen LogP contribution in [0, 0.1) is 11.8 Å². The van der Waals surface area contributed by atoms with Crippen LogP contribution < -0.4 is 5.32 Å². The van der Waals surface area contributed by atoms with Gasteiger partial charge in [-0.2, -0.15) is 0 Å². The Morgan fingerprint density at radius 2 is 1.95 bits per heavy atom. The normalized spacial score (nSPS) is 11.4. The van der Waals surface area contributed by atoms with Crippen molar-refractivity contribution in [1.82, 2.24) is 9.88 Å². The molecular formula is C19H26N2. The zero-order chi connectivity index (χ0) is 15.3. The molecule has 112 valence electrons. The maximum atomic E-state index is 3.57.